The van der Waals surface area contributed by atoms with Crippen molar-refractivity contribution in [2.45, 2.75) is 38.3 Å². The van der Waals surface area contributed by atoms with Crippen molar-refractivity contribution in [3.8, 4) is 5.75 Å². The topological polar surface area (TPSA) is 143 Å². The van der Waals surface area contributed by atoms with E-state index in [4.69, 9.17) is 14.6 Å². The Labute approximate surface area is 249 Å². The Morgan fingerprint density at radius 2 is 1.51 bits per heavy atom. The smallest absolute Gasteiger partial charge is 0.413 e. The predicted molar refractivity (Wildman–Crippen MR) is 162 cm³/mol. The minimum absolute atomic E-state index is 0.0985. The Morgan fingerprint density at radius 3 is 2.30 bits per heavy atom. The van der Waals surface area contributed by atoms with Crippen LogP contribution in [0, 0.1) is 0 Å². The standard InChI is InChI=1S/C33H33N3O7/c37-30(38)19-17-25-12-6-7-14-28(25)35-31(39)29(15-8-20-34-32(40)42-22-23-9-2-1-3-10-23)36-33(41)43-27-18-16-24-11-4-5-13-26(24)21-27/h1-7,9-14,16,18,21,29H,8,15,17,19-20,22H2,(H,34,40)(H,35,39)(H,36,41)(H,37,38)/t29-/m0/s1. The average molecular weight is 584 g/mol. The van der Waals surface area contributed by atoms with Crippen molar-refractivity contribution < 1.29 is 33.8 Å². The van der Waals surface area contributed by atoms with Crippen LogP contribution in [-0.2, 0) is 27.4 Å². The highest BCUT2D eigenvalue weighted by molar-refractivity contribution is 5.97. The Morgan fingerprint density at radius 1 is 0.791 bits per heavy atom. The molecule has 0 spiro atoms. The second-order valence-corrected chi connectivity index (χ2v) is 9.77. The molecular formula is C33H33N3O7. The summed E-state index contributed by atoms with van der Waals surface area (Å²) >= 11 is 0. The van der Waals surface area contributed by atoms with Crippen molar-refractivity contribution in [2.75, 3.05) is 11.9 Å². The van der Waals surface area contributed by atoms with E-state index < -0.39 is 30.1 Å². The first-order chi connectivity index (χ1) is 20.9. The summed E-state index contributed by atoms with van der Waals surface area (Å²) in [5, 5.41) is 19.0. The van der Waals surface area contributed by atoms with Gasteiger partial charge in [-0.1, -0.05) is 78.9 Å². The van der Waals surface area contributed by atoms with Gasteiger partial charge in [-0.05, 0) is 59.4 Å². The van der Waals surface area contributed by atoms with Crippen LogP contribution in [0.2, 0.25) is 0 Å². The van der Waals surface area contributed by atoms with Gasteiger partial charge >= 0.3 is 18.2 Å². The number of rotatable bonds is 13. The molecule has 4 aromatic rings. The number of carbonyl (C=O) groups excluding carboxylic acids is 3. The van der Waals surface area contributed by atoms with E-state index in [1.54, 1.807) is 36.4 Å². The van der Waals surface area contributed by atoms with E-state index in [-0.39, 0.29) is 32.4 Å². The quantitative estimate of drug-likeness (QED) is 0.149. The number of nitrogens with one attached hydrogen (secondary N) is 3. The van der Waals surface area contributed by atoms with E-state index in [1.807, 2.05) is 60.7 Å². The molecule has 0 aliphatic carbocycles. The Bertz CT molecular complexity index is 1560. The van der Waals surface area contributed by atoms with Crippen molar-refractivity contribution >= 4 is 40.5 Å². The number of aliphatic carboxylic acids is 1. The maximum absolute atomic E-state index is 13.3. The van der Waals surface area contributed by atoms with Gasteiger partial charge in [0.25, 0.3) is 0 Å². The lowest BCUT2D eigenvalue weighted by Gasteiger charge is -2.19. The number of aryl methyl sites for hydroxylation is 1. The van der Waals surface area contributed by atoms with E-state index in [2.05, 4.69) is 16.0 Å². The van der Waals surface area contributed by atoms with Crippen LogP contribution in [-0.4, -0.2) is 41.8 Å². The second-order valence-electron chi connectivity index (χ2n) is 9.77. The molecule has 0 heterocycles. The normalized spacial score (nSPS) is 11.3. The number of alkyl carbamates (subject to hydrolysis) is 1. The van der Waals surface area contributed by atoms with Gasteiger partial charge in [-0.15, -0.1) is 0 Å². The molecule has 3 amide bonds. The number of anilines is 1. The first-order valence-electron chi connectivity index (χ1n) is 13.9. The summed E-state index contributed by atoms with van der Waals surface area (Å²) in [5.74, 6) is -1.14. The average Bonchev–Trinajstić information content (AvgIpc) is 3.01. The molecule has 4 N–H and O–H groups in total. The van der Waals surface area contributed by atoms with E-state index in [9.17, 15) is 19.2 Å². The fourth-order valence-corrected chi connectivity index (χ4v) is 4.37. The fourth-order valence-electron chi connectivity index (χ4n) is 4.37. The number of ether oxygens (including phenoxy) is 2. The summed E-state index contributed by atoms with van der Waals surface area (Å²) in [6.07, 6.45) is -0.767. The molecule has 0 aliphatic heterocycles. The number of hydrogen-bond acceptors (Lipinski definition) is 6. The molecule has 10 heteroatoms. The highest BCUT2D eigenvalue weighted by Gasteiger charge is 2.23. The van der Waals surface area contributed by atoms with Crippen LogP contribution >= 0.6 is 0 Å². The summed E-state index contributed by atoms with van der Waals surface area (Å²) in [4.78, 5) is 49.4. The van der Waals surface area contributed by atoms with Crippen molar-refractivity contribution in [2.24, 2.45) is 0 Å². The van der Waals surface area contributed by atoms with E-state index in [0.717, 1.165) is 16.3 Å². The van der Waals surface area contributed by atoms with Gasteiger partial charge in [0, 0.05) is 18.7 Å². The zero-order valence-corrected chi connectivity index (χ0v) is 23.5. The highest BCUT2D eigenvalue weighted by Crippen LogP contribution is 2.21. The molecule has 0 radical (unpaired) electrons. The largest absolute Gasteiger partial charge is 0.481 e. The van der Waals surface area contributed by atoms with E-state index in [0.29, 0.717) is 23.4 Å². The summed E-state index contributed by atoms with van der Waals surface area (Å²) in [7, 11) is 0. The van der Waals surface area contributed by atoms with Crippen LogP contribution in [0.1, 0.15) is 30.4 Å². The monoisotopic (exact) mass is 583 g/mol. The third-order valence-corrected chi connectivity index (χ3v) is 6.58. The lowest BCUT2D eigenvalue weighted by Crippen LogP contribution is -2.45. The van der Waals surface area contributed by atoms with Crippen molar-refractivity contribution in [1.29, 1.82) is 0 Å². The molecule has 1 atom stereocenters. The molecule has 0 aliphatic rings. The van der Waals surface area contributed by atoms with Crippen LogP contribution in [0.5, 0.6) is 5.75 Å². The number of para-hydroxylation sites is 1. The molecule has 10 nitrogen and oxygen atoms in total. The maximum atomic E-state index is 13.3. The summed E-state index contributed by atoms with van der Waals surface area (Å²) < 4.78 is 10.7. The van der Waals surface area contributed by atoms with Crippen LogP contribution in [0.4, 0.5) is 15.3 Å². The molecular weight excluding hydrogens is 550 g/mol. The molecule has 4 aromatic carbocycles. The predicted octanol–water partition coefficient (Wildman–Crippen LogP) is 5.66. The summed E-state index contributed by atoms with van der Waals surface area (Å²) in [6, 6.07) is 28.0. The SMILES string of the molecule is O=C(O)CCc1ccccc1NC(=O)[C@H](CCCNC(=O)OCc1ccccc1)NC(=O)Oc1ccc2ccccc2c1. The number of carboxylic acid groups (broad SMARTS) is 1. The molecule has 0 unspecified atom stereocenters. The number of amides is 3. The van der Waals surface area contributed by atoms with Gasteiger partial charge in [0.2, 0.25) is 5.91 Å². The molecule has 0 bridgehead atoms. The molecule has 4 rings (SSSR count). The van der Waals surface area contributed by atoms with Gasteiger partial charge in [-0.25, -0.2) is 9.59 Å². The summed E-state index contributed by atoms with van der Waals surface area (Å²) in [6.45, 7) is 0.329. The van der Waals surface area contributed by atoms with Crippen LogP contribution in [0.3, 0.4) is 0 Å². The van der Waals surface area contributed by atoms with Crippen molar-refractivity contribution in [3.05, 3.63) is 108 Å². The highest BCUT2D eigenvalue weighted by atomic mass is 16.6. The van der Waals surface area contributed by atoms with Crippen molar-refractivity contribution in [3.63, 3.8) is 0 Å². The second kappa shape index (κ2) is 15.6. The van der Waals surface area contributed by atoms with Crippen LogP contribution in [0.25, 0.3) is 10.8 Å². The van der Waals surface area contributed by atoms with Gasteiger partial charge in [0.1, 0.15) is 18.4 Å². The molecule has 0 aromatic heterocycles. The first-order valence-corrected chi connectivity index (χ1v) is 13.9. The maximum Gasteiger partial charge on any atom is 0.413 e. The third kappa shape index (κ3) is 9.89. The van der Waals surface area contributed by atoms with Crippen LogP contribution in [0.15, 0.2) is 97.1 Å². The fraction of sp³-hybridized carbons (Fsp3) is 0.212. The first kappa shape index (κ1) is 30.6. The third-order valence-electron chi connectivity index (χ3n) is 6.58. The summed E-state index contributed by atoms with van der Waals surface area (Å²) in [5.41, 5.74) is 1.96. The lowest BCUT2D eigenvalue weighted by molar-refractivity contribution is -0.137. The van der Waals surface area contributed by atoms with Gasteiger partial charge in [-0.2, -0.15) is 0 Å². The molecule has 0 saturated heterocycles. The Hall–Kier alpha value is -5.38. The van der Waals surface area contributed by atoms with Gasteiger partial charge < -0.3 is 30.5 Å². The molecule has 0 fully saturated rings. The van der Waals surface area contributed by atoms with Gasteiger partial charge in [0.05, 0.1) is 0 Å². The van der Waals surface area contributed by atoms with E-state index in [1.165, 1.54) is 0 Å². The number of benzene rings is 4. The minimum Gasteiger partial charge on any atom is -0.481 e. The lowest BCUT2D eigenvalue weighted by atomic mass is 10.1. The number of carbonyl (C=O) groups is 4. The minimum atomic E-state index is -1.01. The zero-order chi connectivity index (χ0) is 30.4. The number of fused-ring (bicyclic) bond motifs is 1. The van der Waals surface area contributed by atoms with Gasteiger partial charge in [-0.3, -0.25) is 9.59 Å². The Balaban J connectivity index is 1.37. The van der Waals surface area contributed by atoms with Crippen LogP contribution < -0.4 is 20.7 Å². The molecule has 43 heavy (non-hydrogen) atoms. The Kier molecular flexibility index (Phi) is 11.1. The van der Waals surface area contributed by atoms with E-state index >= 15 is 0 Å². The number of carboxylic acids is 1. The van der Waals surface area contributed by atoms with Gasteiger partial charge in [0.15, 0.2) is 0 Å². The molecule has 0 saturated carbocycles. The molecule has 222 valence electrons. The zero-order valence-electron chi connectivity index (χ0n) is 23.5. The van der Waals surface area contributed by atoms with Crippen molar-refractivity contribution in [1.82, 2.24) is 10.6 Å². The number of hydrogen-bond donors (Lipinski definition) is 4.